The number of imidazole rings is 1. The Labute approximate surface area is 495 Å². The number of aromatic nitrogens is 2. The van der Waals surface area contributed by atoms with Gasteiger partial charge in [-0.25, -0.2) is 14.6 Å². The molecule has 0 saturated carbocycles. The van der Waals surface area contributed by atoms with Crippen LogP contribution in [0.25, 0.3) is 0 Å². The number of hydrogen-bond donors (Lipinski definition) is 15. The number of H-pyrrole nitrogens is 1. The number of aliphatic hydroxyl groups is 1. The molecule has 16 N–H and O–H groups in total. The molecule has 29 nitrogen and oxygen atoms in total. The van der Waals surface area contributed by atoms with Crippen LogP contribution in [0, 0.1) is 17.8 Å². The van der Waals surface area contributed by atoms with Gasteiger partial charge in [0.1, 0.15) is 54.4 Å². The van der Waals surface area contributed by atoms with Gasteiger partial charge in [-0.05, 0) is 82.1 Å². The van der Waals surface area contributed by atoms with E-state index >= 15 is 0 Å². The molecule has 0 unspecified atom stereocenters. The molecule has 2 saturated heterocycles. The van der Waals surface area contributed by atoms with Gasteiger partial charge in [-0.15, -0.1) is 0 Å². The van der Waals surface area contributed by atoms with Gasteiger partial charge in [-0.3, -0.25) is 47.9 Å². The van der Waals surface area contributed by atoms with Gasteiger partial charge in [0.15, 0.2) is 0 Å². The number of hydrogen-bond acceptors (Lipinski definition) is 17. The number of nitrogens with two attached hydrogens (primary N) is 2. The SMILES string of the molecule is CC[C@H](C)[C@H](NC(=O)[C@H](CCCCN)NC(=O)[C@@H](NC(=O)[13C@@H]1[13CH2][13CH2][13CH2][15N]1[13C](=O)[13C@@H]1[13CH2][13CH2][13CH2][15N]1[13C](=O)[C@H](CC(C)C)NC(=O)[C@@H](N)CCC(=O)O)C(C)C)C(=O)N[C@@H](Cc1cnc[nH]1)C(=O)N[C@@H](CS)C(=O)N[C@@H](CO)C(=O)O.O=C(O)C(F)(F)F. The van der Waals surface area contributed by atoms with Crippen LogP contribution in [0.1, 0.15) is 118 Å². The van der Waals surface area contributed by atoms with Gasteiger partial charge in [-0.1, -0.05) is 48.0 Å². The Morgan fingerprint density at radius 2 is 1.26 bits per heavy atom. The Kier molecular flexibility index (Phi) is 31.3. The zero-order valence-corrected chi connectivity index (χ0v) is 49.3. The molecule has 0 aromatic carbocycles. The van der Waals surface area contributed by atoms with E-state index in [2.05, 4.69) is 59.8 Å². The number of thiol groups is 1. The molecule has 1 aromatic heterocycles. The Morgan fingerprint density at radius 1 is 0.718 bits per heavy atom. The van der Waals surface area contributed by atoms with Crippen molar-refractivity contribution < 1.29 is 91.1 Å². The van der Waals surface area contributed by atoms with Crippen LogP contribution in [0.3, 0.4) is 0 Å². The summed E-state index contributed by atoms with van der Waals surface area (Å²) in [6.07, 6.45) is -0.0388. The molecule has 2 aliphatic rings. The molecule has 2 fully saturated rings. The standard InChI is InChI=1S/C50H83N13O14S.C2HF3O2/c1-7-28(6)40(47(73)56-32(21-29-22-53-25-54-29)43(69)59-35(24-78)44(70)58-34(23-64)50(76)77)61-42(68)31(12-8-9-17-51)55-46(72)39(27(4)5)60-45(71)36-13-10-18-62(36)49(75)37-14-11-19-63(37)48(74)33(20-26(2)3)57-41(67)30(52)15-16-38(65)66;3-2(4,5)1(6)7/h22,25-28,30-37,39-40,64,78H,7-21,23-24,51-52H2,1-6H3,(H,53,54)(H,55,72)(H,56,73)(H,57,67)(H,58,70)(H,59,69)(H,60,71)(H,61,68)(H,65,66)(H,76,77);(H,6,7)/t28-,30-,31-,32-,33-,34-,35-,36-,37-,39-,40-;/m0./s1/i10+1,11+1,13+1,14+1,18+1,19+1,36+1,37+1,48+1,49+1,62+1,63+1;. The molecule has 85 heavy (non-hydrogen) atoms. The van der Waals surface area contributed by atoms with Gasteiger partial charge in [0.2, 0.25) is 53.2 Å². The van der Waals surface area contributed by atoms with E-state index in [1.807, 2.05) is 13.8 Å². The number of carbonyl (C=O) groups excluding carboxylic acids is 9. The first-order valence-electron chi connectivity index (χ1n) is 28.0. The van der Waals surface area contributed by atoms with Gasteiger partial charge in [0, 0.05) is 43.6 Å². The third kappa shape index (κ3) is 24.0. The zero-order chi connectivity index (χ0) is 64.5. The number of unbranched alkanes of at least 4 members (excludes halogenated alkanes) is 1. The number of nitrogens with zero attached hydrogens (tertiary/aromatic N) is 3. The fourth-order valence-corrected chi connectivity index (χ4v) is 9.40. The van der Waals surface area contributed by atoms with E-state index in [9.17, 15) is 76.1 Å². The number of carboxylic acid groups (broad SMARTS) is 3. The van der Waals surface area contributed by atoms with Gasteiger partial charge in [-0.2, -0.15) is 25.8 Å². The molecule has 0 spiro atoms. The minimum Gasteiger partial charge on any atom is -0.481 e. The highest BCUT2D eigenvalue weighted by Crippen LogP contribution is 2.27. The molecule has 0 aliphatic carbocycles. The molecule has 480 valence electrons. The average molecular weight is 1250 g/mol. The first-order valence-corrected chi connectivity index (χ1v) is 28.6. The maximum absolute atomic E-state index is 14.4. The number of rotatable bonds is 33. The van der Waals surface area contributed by atoms with E-state index in [1.165, 1.54) is 22.3 Å². The number of nitrogens with one attached hydrogen (secondary N) is 8. The second-order valence-corrected chi connectivity index (χ2v) is 21.9. The second kappa shape index (κ2) is 36.0. The van der Waals surface area contributed by atoms with Crippen LogP contribution in [0.5, 0.6) is 0 Å². The fourth-order valence-electron chi connectivity index (χ4n) is 9.14. The van der Waals surface area contributed by atoms with E-state index in [0.717, 1.165) is 0 Å². The first kappa shape index (κ1) is 74.0. The molecule has 0 bridgehead atoms. The Morgan fingerprint density at radius 3 is 1.78 bits per heavy atom. The topological polar surface area (TPSA) is 457 Å². The molecule has 3 rings (SSSR count). The number of amides is 9. The van der Waals surface area contributed by atoms with E-state index in [1.54, 1.807) is 27.7 Å². The number of aliphatic hydroxyl groups excluding tert-OH is 1. The van der Waals surface area contributed by atoms with Crippen molar-refractivity contribution in [3.05, 3.63) is 18.2 Å². The van der Waals surface area contributed by atoms with E-state index < -0.39 is 156 Å². The summed E-state index contributed by atoms with van der Waals surface area (Å²) in [6, 6.07) is -12.4. The maximum atomic E-state index is 14.4. The van der Waals surface area contributed by atoms with Gasteiger partial charge in [0.05, 0.1) is 19.0 Å². The van der Waals surface area contributed by atoms with Crippen molar-refractivity contribution in [1.82, 2.24) is 57.0 Å². The zero-order valence-electron chi connectivity index (χ0n) is 48.4. The van der Waals surface area contributed by atoms with Crippen LogP contribution in [0.2, 0.25) is 0 Å². The van der Waals surface area contributed by atoms with Crippen LogP contribution in [0.15, 0.2) is 12.5 Å². The summed E-state index contributed by atoms with van der Waals surface area (Å²) >= 11 is 4.13. The molecule has 1 aromatic rings. The number of carbonyl (C=O) groups is 12. The summed E-state index contributed by atoms with van der Waals surface area (Å²) in [5.41, 5.74) is 12.1. The number of likely N-dealkylation sites (tertiary alicyclic amines) is 2. The number of alkyl halides is 3. The lowest BCUT2D eigenvalue weighted by atomic mass is 9.96. The molecule has 0 radical (unpaired) electrons. The summed E-state index contributed by atoms with van der Waals surface area (Å²) in [4.78, 5) is 166. The molecule has 3 heterocycles. The van der Waals surface area contributed by atoms with Crippen LogP contribution in [0.4, 0.5) is 13.2 Å². The maximum Gasteiger partial charge on any atom is 0.490 e. The van der Waals surface area contributed by atoms with Crippen LogP contribution >= 0.6 is 12.6 Å². The predicted molar refractivity (Wildman–Crippen MR) is 299 cm³/mol. The number of aromatic amines is 1. The molecule has 9 amide bonds. The highest BCUT2D eigenvalue weighted by Gasteiger charge is 2.45. The van der Waals surface area contributed by atoms with E-state index in [4.69, 9.17) is 26.5 Å². The lowest BCUT2D eigenvalue weighted by molar-refractivity contribution is -0.192. The first-order chi connectivity index (χ1) is 39.8. The largest absolute Gasteiger partial charge is 0.490 e. The molecule has 2 aliphatic heterocycles. The summed E-state index contributed by atoms with van der Waals surface area (Å²) < 4.78 is 31.7. The minimum absolute atomic E-state index is 0.0625. The van der Waals surface area contributed by atoms with Crippen molar-refractivity contribution in [3.63, 3.8) is 0 Å². The Hall–Kier alpha value is -7.13. The van der Waals surface area contributed by atoms with Crippen LogP contribution in [-0.4, -0.2) is 210 Å². The third-order valence-electron chi connectivity index (χ3n) is 14.1. The van der Waals surface area contributed by atoms with Crippen molar-refractivity contribution in [3.8, 4) is 0 Å². The number of aliphatic carboxylic acids is 3. The van der Waals surface area contributed by atoms with Gasteiger partial charge >= 0.3 is 24.1 Å². The molecule has 11 atom stereocenters. The lowest BCUT2D eigenvalue weighted by Gasteiger charge is -2.34. The Bertz CT molecular complexity index is 2440. The van der Waals surface area contributed by atoms with Crippen molar-refractivity contribution in [2.24, 2.45) is 29.2 Å². The fraction of sp³-hybridized carbons (Fsp3) is 0.712. The average Bonchev–Trinajstić information content (AvgIpc) is 2.49. The van der Waals surface area contributed by atoms with E-state index in [-0.39, 0.29) is 69.8 Å². The molecular formula is C52H84F3N13O16S. The summed E-state index contributed by atoms with van der Waals surface area (Å²) in [6.45, 7) is 10.3. The summed E-state index contributed by atoms with van der Waals surface area (Å²) in [5, 5.41) is 53.1. The van der Waals surface area contributed by atoms with Crippen molar-refractivity contribution in [2.45, 2.75) is 185 Å². The number of carboxylic acids is 3. The summed E-state index contributed by atoms with van der Waals surface area (Å²) in [5.74, 6) is -13.3. The van der Waals surface area contributed by atoms with Crippen molar-refractivity contribution >= 4 is 83.7 Å². The molecule has 33 heteroatoms. The minimum atomic E-state index is -5.08. The van der Waals surface area contributed by atoms with Crippen molar-refractivity contribution in [1.29, 1.82) is 0 Å². The highest BCUT2D eigenvalue weighted by atomic mass is 32.1. The quantitative estimate of drug-likeness (QED) is 0.0157. The summed E-state index contributed by atoms with van der Waals surface area (Å²) in [7, 11) is 0. The van der Waals surface area contributed by atoms with E-state index in [0.29, 0.717) is 44.2 Å². The monoisotopic (exact) mass is 1250 g/mol. The molecular weight excluding hydrogens is 1160 g/mol. The highest BCUT2D eigenvalue weighted by molar-refractivity contribution is 7.80. The van der Waals surface area contributed by atoms with Crippen molar-refractivity contribution in [2.75, 3.05) is 32.0 Å². The smallest absolute Gasteiger partial charge is 0.481 e. The number of halogens is 3. The van der Waals surface area contributed by atoms with Crippen LogP contribution in [-0.2, 0) is 64.0 Å². The normalized spacial score (nSPS) is 18.2. The van der Waals surface area contributed by atoms with Gasteiger partial charge in [0.25, 0.3) is 0 Å². The second-order valence-electron chi connectivity index (χ2n) is 21.5. The third-order valence-corrected chi connectivity index (χ3v) is 14.4. The van der Waals surface area contributed by atoms with Gasteiger partial charge < -0.3 is 83.9 Å². The Balaban J connectivity index is 0.00000330. The predicted octanol–water partition coefficient (Wildman–Crippen LogP) is -1.96. The van der Waals surface area contributed by atoms with Crippen LogP contribution < -0.4 is 48.7 Å². The lowest BCUT2D eigenvalue weighted by Crippen LogP contribution is -2.62.